The Hall–Kier alpha value is -3.02. The molecule has 0 unspecified atom stereocenters. The molecule has 3 rings (SSSR count). The van der Waals surface area contributed by atoms with E-state index in [0.717, 1.165) is 44.0 Å². The lowest BCUT2D eigenvalue weighted by atomic mass is 10.2. The summed E-state index contributed by atoms with van der Waals surface area (Å²) in [5.41, 5.74) is 2.41. The molecule has 0 atom stereocenters. The Morgan fingerprint density at radius 2 is 1.72 bits per heavy atom. The zero-order valence-electron chi connectivity index (χ0n) is 17.2. The molecule has 29 heavy (non-hydrogen) atoms. The van der Waals surface area contributed by atoms with E-state index in [1.165, 1.54) is 0 Å². The van der Waals surface area contributed by atoms with Gasteiger partial charge in [0.25, 0.3) is 5.91 Å². The Morgan fingerprint density at radius 1 is 1.00 bits per heavy atom. The zero-order valence-corrected chi connectivity index (χ0v) is 17.2. The van der Waals surface area contributed by atoms with Gasteiger partial charge in [-0.3, -0.25) is 9.59 Å². The van der Waals surface area contributed by atoms with Crippen molar-refractivity contribution in [1.29, 1.82) is 0 Å². The minimum Gasteiger partial charge on any atom is -0.494 e. The summed E-state index contributed by atoms with van der Waals surface area (Å²) < 4.78 is 5.46. The molecule has 1 aliphatic rings. The maximum absolute atomic E-state index is 12.5. The van der Waals surface area contributed by atoms with E-state index < -0.39 is 0 Å². The van der Waals surface area contributed by atoms with Crippen LogP contribution in [0.25, 0.3) is 0 Å². The van der Waals surface area contributed by atoms with Crippen LogP contribution in [0.4, 0.5) is 11.4 Å². The highest BCUT2D eigenvalue weighted by molar-refractivity contribution is 6.04. The van der Waals surface area contributed by atoms with Crippen molar-refractivity contribution in [3.05, 3.63) is 54.1 Å². The van der Waals surface area contributed by atoms with Crippen molar-refractivity contribution >= 4 is 23.2 Å². The first-order valence-corrected chi connectivity index (χ1v) is 10.3. The van der Waals surface area contributed by atoms with Gasteiger partial charge in [-0.25, -0.2) is 0 Å². The highest BCUT2D eigenvalue weighted by Crippen LogP contribution is 2.21. The number of benzene rings is 2. The molecule has 1 N–H and O–H groups in total. The van der Waals surface area contributed by atoms with Gasteiger partial charge >= 0.3 is 0 Å². The van der Waals surface area contributed by atoms with Crippen molar-refractivity contribution < 1.29 is 14.3 Å². The van der Waals surface area contributed by atoms with Crippen LogP contribution >= 0.6 is 0 Å². The van der Waals surface area contributed by atoms with Crippen LogP contribution in [0.15, 0.2) is 48.5 Å². The van der Waals surface area contributed by atoms with Crippen LogP contribution < -0.4 is 15.0 Å². The van der Waals surface area contributed by atoms with Crippen molar-refractivity contribution in [2.24, 2.45) is 0 Å². The Bertz CT molecular complexity index is 828. The molecule has 2 aromatic rings. The number of amides is 2. The van der Waals surface area contributed by atoms with Crippen LogP contribution in [0.5, 0.6) is 5.75 Å². The molecule has 0 spiro atoms. The Morgan fingerprint density at radius 3 is 2.38 bits per heavy atom. The van der Waals surface area contributed by atoms with Crippen LogP contribution in [0, 0.1) is 0 Å². The van der Waals surface area contributed by atoms with Crippen molar-refractivity contribution in [1.82, 2.24) is 4.90 Å². The number of rotatable bonds is 7. The maximum Gasteiger partial charge on any atom is 0.255 e. The second-order valence-corrected chi connectivity index (χ2v) is 7.08. The summed E-state index contributed by atoms with van der Waals surface area (Å²) in [7, 11) is 0. The van der Waals surface area contributed by atoms with E-state index in [2.05, 4.69) is 10.2 Å². The molecule has 1 heterocycles. The molecule has 1 fully saturated rings. The fourth-order valence-electron chi connectivity index (χ4n) is 3.44. The van der Waals surface area contributed by atoms with Gasteiger partial charge in [0.1, 0.15) is 5.75 Å². The van der Waals surface area contributed by atoms with E-state index in [-0.39, 0.29) is 11.8 Å². The first-order valence-electron chi connectivity index (χ1n) is 10.3. The van der Waals surface area contributed by atoms with Crippen LogP contribution in [0.3, 0.4) is 0 Å². The van der Waals surface area contributed by atoms with Gasteiger partial charge in [-0.2, -0.15) is 0 Å². The summed E-state index contributed by atoms with van der Waals surface area (Å²) in [6.45, 7) is 7.67. The summed E-state index contributed by atoms with van der Waals surface area (Å²) in [5, 5.41) is 2.93. The number of hydrogen-bond acceptors (Lipinski definition) is 4. The third kappa shape index (κ3) is 5.50. The molecular weight excluding hydrogens is 366 g/mol. The fraction of sp³-hybridized carbons (Fsp3) is 0.391. The largest absolute Gasteiger partial charge is 0.494 e. The number of anilines is 2. The van der Waals surface area contributed by atoms with E-state index in [1.807, 2.05) is 55.1 Å². The average Bonchev–Trinajstić information content (AvgIpc) is 2.75. The number of carbonyl (C=O) groups is 2. The summed E-state index contributed by atoms with van der Waals surface area (Å²) in [4.78, 5) is 28.7. The second-order valence-electron chi connectivity index (χ2n) is 7.08. The lowest BCUT2D eigenvalue weighted by Crippen LogP contribution is -2.48. The summed E-state index contributed by atoms with van der Waals surface area (Å²) >= 11 is 0. The minimum absolute atomic E-state index is 0.164. The van der Waals surface area contributed by atoms with Gasteiger partial charge in [-0.05, 0) is 55.8 Å². The van der Waals surface area contributed by atoms with Crippen molar-refractivity contribution in [2.45, 2.75) is 26.7 Å². The molecule has 0 aromatic heterocycles. The SMILES string of the molecule is CCCC(=O)N1CCN(c2ccc(NC(=O)c3cccc(OCC)c3)cc2)CC1. The quantitative estimate of drug-likeness (QED) is 0.775. The fourth-order valence-corrected chi connectivity index (χ4v) is 3.44. The first kappa shape index (κ1) is 20.7. The lowest BCUT2D eigenvalue weighted by molar-refractivity contribution is -0.131. The molecule has 1 aliphatic heterocycles. The molecule has 6 nitrogen and oxygen atoms in total. The van der Waals surface area contributed by atoms with E-state index in [4.69, 9.17) is 4.74 Å². The highest BCUT2D eigenvalue weighted by atomic mass is 16.5. The number of piperazine rings is 1. The van der Waals surface area contributed by atoms with Crippen LogP contribution in [0.1, 0.15) is 37.0 Å². The number of carbonyl (C=O) groups excluding carboxylic acids is 2. The van der Waals surface area contributed by atoms with Gasteiger partial charge in [0, 0.05) is 49.5 Å². The Balaban J connectivity index is 1.56. The van der Waals surface area contributed by atoms with Crippen molar-refractivity contribution in [3.63, 3.8) is 0 Å². The summed E-state index contributed by atoms with van der Waals surface area (Å²) in [6, 6.07) is 15.0. The van der Waals surface area contributed by atoms with Crippen molar-refractivity contribution in [3.8, 4) is 5.75 Å². The molecule has 0 saturated carbocycles. The molecule has 6 heteroatoms. The van der Waals surface area contributed by atoms with Gasteiger partial charge < -0.3 is 19.9 Å². The smallest absolute Gasteiger partial charge is 0.255 e. The minimum atomic E-state index is -0.164. The molecule has 0 aliphatic carbocycles. The van der Waals surface area contributed by atoms with E-state index in [0.29, 0.717) is 24.3 Å². The number of nitrogens with zero attached hydrogens (tertiary/aromatic N) is 2. The van der Waals surface area contributed by atoms with Gasteiger partial charge in [0.2, 0.25) is 5.91 Å². The molecule has 1 saturated heterocycles. The molecule has 2 aromatic carbocycles. The van der Waals surface area contributed by atoms with Gasteiger partial charge in [-0.15, -0.1) is 0 Å². The van der Waals surface area contributed by atoms with Gasteiger partial charge in [0.05, 0.1) is 6.61 Å². The van der Waals surface area contributed by atoms with Crippen LogP contribution in [-0.4, -0.2) is 49.5 Å². The third-order valence-electron chi connectivity index (χ3n) is 4.99. The van der Waals surface area contributed by atoms with E-state index >= 15 is 0 Å². The van der Waals surface area contributed by atoms with Crippen molar-refractivity contribution in [2.75, 3.05) is 43.0 Å². The lowest BCUT2D eigenvalue weighted by Gasteiger charge is -2.36. The zero-order chi connectivity index (χ0) is 20.6. The normalized spacial score (nSPS) is 13.9. The Kier molecular flexibility index (Phi) is 7.11. The number of nitrogens with one attached hydrogen (secondary N) is 1. The monoisotopic (exact) mass is 395 g/mol. The molecular formula is C23H29N3O3. The third-order valence-corrected chi connectivity index (χ3v) is 4.99. The molecule has 2 amide bonds. The number of hydrogen-bond donors (Lipinski definition) is 1. The van der Waals surface area contributed by atoms with Gasteiger partial charge in [0.15, 0.2) is 0 Å². The first-order chi connectivity index (χ1) is 14.1. The second kappa shape index (κ2) is 9.96. The molecule has 0 bridgehead atoms. The Labute approximate surface area is 172 Å². The average molecular weight is 396 g/mol. The standard InChI is InChI=1S/C23H29N3O3/c1-3-6-22(27)26-15-13-25(14-16-26)20-11-9-19(10-12-20)24-23(28)18-7-5-8-21(17-18)29-4-2/h5,7-12,17H,3-4,6,13-16H2,1-2H3,(H,24,28). The predicted octanol–water partition coefficient (Wildman–Crippen LogP) is 3.79. The summed E-state index contributed by atoms with van der Waals surface area (Å²) in [5.74, 6) is 0.771. The van der Waals surface area contributed by atoms with Crippen LogP contribution in [-0.2, 0) is 4.79 Å². The van der Waals surface area contributed by atoms with Crippen LogP contribution in [0.2, 0.25) is 0 Å². The van der Waals surface area contributed by atoms with E-state index in [9.17, 15) is 9.59 Å². The number of ether oxygens (including phenoxy) is 1. The maximum atomic E-state index is 12.5. The van der Waals surface area contributed by atoms with Gasteiger partial charge in [-0.1, -0.05) is 13.0 Å². The predicted molar refractivity (Wildman–Crippen MR) is 116 cm³/mol. The highest BCUT2D eigenvalue weighted by Gasteiger charge is 2.20. The summed E-state index contributed by atoms with van der Waals surface area (Å²) in [6.07, 6.45) is 1.52. The topological polar surface area (TPSA) is 61.9 Å². The van der Waals surface area contributed by atoms with E-state index in [1.54, 1.807) is 12.1 Å². The molecule has 0 radical (unpaired) electrons. The molecule has 154 valence electrons.